The molecular weight excluding hydrogens is 462 g/mol. The third kappa shape index (κ3) is 3.58. The Morgan fingerprint density at radius 3 is 2.91 bits per heavy atom. The minimum atomic E-state index is -0.348. The molecule has 0 spiro atoms. The van der Waals surface area contributed by atoms with Gasteiger partial charge < -0.3 is 11.2 Å². The van der Waals surface area contributed by atoms with Crippen molar-refractivity contribution in [3.63, 3.8) is 0 Å². The topological polar surface area (TPSA) is 114 Å². The summed E-state index contributed by atoms with van der Waals surface area (Å²) in [6.45, 7) is 0. The molecule has 3 heterocycles. The Morgan fingerprint density at radius 2 is 2.12 bits per heavy atom. The van der Waals surface area contributed by atoms with Crippen molar-refractivity contribution in [1.29, 1.82) is 5.26 Å². The van der Waals surface area contributed by atoms with Gasteiger partial charge in [-0.2, -0.15) is 5.26 Å². The zero-order valence-electron chi connectivity index (χ0n) is 16.8. The van der Waals surface area contributed by atoms with Gasteiger partial charge in [-0.15, -0.1) is 22.7 Å². The van der Waals surface area contributed by atoms with Gasteiger partial charge in [0.25, 0.3) is 5.56 Å². The highest BCUT2D eigenvalue weighted by molar-refractivity contribution is 7.99. The number of hydrogen-bond acceptors (Lipinski definition) is 8. The number of nitrogens with one attached hydrogen (secondary N) is 1. The van der Waals surface area contributed by atoms with E-state index in [2.05, 4.69) is 16.4 Å². The Labute approximate surface area is 195 Å². The number of nitrogen functional groups attached to an aromatic ring is 1. The van der Waals surface area contributed by atoms with Gasteiger partial charge in [-0.1, -0.05) is 42.1 Å². The molecule has 0 saturated carbocycles. The number of nitriles is 1. The monoisotopic (exact) mass is 479 g/mol. The zero-order valence-corrected chi connectivity index (χ0v) is 19.2. The van der Waals surface area contributed by atoms with Crippen molar-refractivity contribution < 1.29 is 4.79 Å². The number of nitrogens with zero attached hydrogens (tertiary/aromatic N) is 3. The van der Waals surface area contributed by atoms with Crippen LogP contribution in [0.3, 0.4) is 0 Å². The van der Waals surface area contributed by atoms with Gasteiger partial charge in [0.05, 0.1) is 16.7 Å². The molecule has 7 nitrogen and oxygen atoms in total. The Hall–Kier alpha value is -3.13. The molecule has 32 heavy (non-hydrogen) atoms. The summed E-state index contributed by atoms with van der Waals surface area (Å²) in [5, 5.41) is 15.6. The fraction of sp³-hybridized carbons (Fsp3) is 0.182. The van der Waals surface area contributed by atoms with Gasteiger partial charge in [0.15, 0.2) is 5.16 Å². The molecule has 1 aromatic carbocycles. The van der Waals surface area contributed by atoms with Crippen LogP contribution >= 0.6 is 34.4 Å². The molecule has 3 aromatic heterocycles. The zero-order chi connectivity index (χ0) is 22.2. The SMILES string of the molecule is N#Cc1c(NC(=O)CSc2nc3scc(-c4ccccc4)c3c(=O)n2N)sc2c1CCC2. The summed E-state index contributed by atoms with van der Waals surface area (Å²) in [5.74, 6) is 5.80. The van der Waals surface area contributed by atoms with Gasteiger partial charge in [-0.25, -0.2) is 9.66 Å². The molecule has 0 atom stereocenters. The molecule has 160 valence electrons. The second-order valence-corrected chi connectivity index (χ2v) is 10.2. The number of carbonyl (C=O) groups is 1. The van der Waals surface area contributed by atoms with Crippen molar-refractivity contribution in [3.05, 3.63) is 62.1 Å². The van der Waals surface area contributed by atoms with Crippen LogP contribution in [0, 0.1) is 11.3 Å². The molecule has 10 heteroatoms. The summed E-state index contributed by atoms with van der Waals surface area (Å²) in [6.07, 6.45) is 2.89. The first-order chi connectivity index (χ1) is 15.6. The van der Waals surface area contributed by atoms with Gasteiger partial charge >= 0.3 is 0 Å². The quantitative estimate of drug-likeness (QED) is 0.254. The van der Waals surface area contributed by atoms with Crippen LogP contribution in [-0.2, 0) is 17.6 Å². The summed E-state index contributed by atoms with van der Waals surface area (Å²) in [7, 11) is 0. The number of thioether (sulfide) groups is 1. The maximum absolute atomic E-state index is 13.0. The molecule has 0 aliphatic heterocycles. The van der Waals surface area contributed by atoms with Crippen molar-refractivity contribution in [2.24, 2.45) is 0 Å². The van der Waals surface area contributed by atoms with Crippen molar-refractivity contribution in [2.45, 2.75) is 24.4 Å². The number of aromatic nitrogens is 2. The summed E-state index contributed by atoms with van der Waals surface area (Å²) in [4.78, 5) is 31.8. The van der Waals surface area contributed by atoms with E-state index >= 15 is 0 Å². The van der Waals surface area contributed by atoms with E-state index in [0.717, 1.165) is 52.4 Å². The Kier molecular flexibility index (Phi) is 5.46. The summed E-state index contributed by atoms with van der Waals surface area (Å²) >= 11 is 3.94. The lowest BCUT2D eigenvalue weighted by Crippen LogP contribution is -2.30. The van der Waals surface area contributed by atoms with Crippen LogP contribution in [0.1, 0.15) is 22.4 Å². The van der Waals surface area contributed by atoms with Crippen LogP contribution in [0.4, 0.5) is 5.00 Å². The standard InChI is InChI=1S/C22H17N5O2S3/c23-9-14-13-7-4-8-16(13)32-19(14)25-17(28)11-31-22-26-20-18(21(29)27(22)24)15(10-30-20)12-5-2-1-3-6-12/h1-3,5-6,10H,4,7-8,11,24H2,(H,25,28). The summed E-state index contributed by atoms with van der Waals surface area (Å²) in [6, 6.07) is 11.8. The lowest BCUT2D eigenvalue weighted by Gasteiger charge is -2.08. The highest BCUT2D eigenvalue weighted by Crippen LogP contribution is 2.38. The fourth-order valence-electron chi connectivity index (χ4n) is 3.82. The predicted molar refractivity (Wildman–Crippen MR) is 130 cm³/mol. The highest BCUT2D eigenvalue weighted by Gasteiger charge is 2.23. The lowest BCUT2D eigenvalue weighted by atomic mass is 10.1. The Morgan fingerprint density at radius 1 is 1.31 bits per heavy atom. The van der Waals surface area contributed by atoms with E-state index in [0.29, 0.717) is 20.8 Å². The smallest absolute Gasteiger partial charge is 0.282 e. The van der Waals surface area contributed by atoms with Gasteiger partial charge in [-0.05, 0) is 30.4 Å². The number of carbonyl (C=O) groups excluding carboxylic acids is 1. The van der Waals surface area contributed by atoms with Crippen molar-refractivity contribution >= 4 is 55.6 Å². The molecule has 1 amide bonds. The van der Waals surface area contributed by atoms with E-state index in [1.165, 1.54) is 27.6 Å². The van der Waals surface area contributed by atoms with E-state index < -0.39 is 0 Å². The van der Waals surface area contributed by atoms with Gasteiger partial charge in [0.2, 0.25) is 5.91 Å². The van der Waals surface area contributed by atoms with E-state index in [4.69, 9.17) is 5.84 Å². The molecule has 4 aromatic rings. The summed E-state index contributed by atoms with van der Waals surface area (Å²) in [5.41, 5.74) is 3.01. The molecule has 3 N–H and O–H groups in total. The van der Waals surface area contributed by atoms with Gasteiger partial charge in [0.1, 0.15) is 15.9 Å². The molecule has 0 unspecified atom stereocenters. The van der Waals surface area contributed by atoms with Crippen LogP contribution in [-0.4, -0.2) is 21.3 Å². The molecule has 0 bridgehead atoms. The molecule has 0 fully saturated rings. The van der Waals surface area contributed by atoms with Gasteiger partial charge in [0, 0.05) is 15.8 Å². The number of rotatable bonds is 5. The van der Waals surface area contributed by atoms with Gasteiger partial charge in [-0.3, -0.25) is 9.59 Å². The number of thiophene rings is 2. The van der Waals surface area contributed by atoms with Crippen molar-refractivity contribution in [1.82, 2.24) is 9.66 Å². The third-order valence-corrected chi connectivity index (χ3v) is 8.34. The average Bonchev–Trinajstić information content (AvgIpc) is 3.50. The number of anilines is 1. The van der Waals surface area contributed by atoms with E-state index in [1.807, 2.05) is 35.7 Å². The maximum atomic E-state index is 13.0. The Balaban J connectivity index is 1.36. The third-order valence-electron chi connectivity index (χ3n) is 5.31. The van der Waals surface area contributed by atoms with Crippen molar-refractivity contribution in [3.8, 4) is 17.2 Å². The second-order valence-electron chi connectivity index (χ2n) is 7.28. The first-order valence-corrected chi connectivity index (χ1v) is 12.6. The van der Waals surface area contributed by atoms with E-state index in [9.17, 15) is 14.9 Å². The van der Waals surface area contributed by atoms with Crippen LogP contribution in [0.5, 0.6) is 0 Å². The van der Waals surface area contributed by atoms with Crippen molar-refractivity contribution in [2.75, 3.05) is 16.9 Å². The molecule has 1 aliphatic rings. The van der Waals surface area contributed by atoms with Crippen LogP contribution in [0.25, 0.3) is 21.3 Å². The molecular formula is C22H17N5O2S3. The average molecular weight is 480 g/mol. The highest BCUT2D eigenvalue weighted by atomic mass is 32.2. The summed E-state index contributed by atoms with van der Waals surface area (Å²) < 4.78 is 1.000. The van der Waals surface area contributed by atoms with E-state index in [1.54, 1.807) is 0 Å². The largest absolute Gasteiger partial charge is 0.334 e. The Bertz CT molecular complexity index is 1450. The van der Waals surface area contributed by atoms with Crippen LogP contribution < -0.4 is 16.7 Å². The normalized spacial score (nSPS) is 12.6. The minimum absolute atomic E-state index is 0.0273. The number of amides is 1. The minimum Gasteiger partial charge on any atom is -0.334 e. The molecule has 0 radical (unpaired) electrons. The lowest BCUT2D eigenvalue weighted by molar-refractivity contribution is -0.113. The van der Waals surface area contributed by atoms with Crippen LogP contribution in [0.15, 0.2) is 45.7 Å². The number of aryl methyl sites for hydroxylation is 1. The van der Waals surface area contributed by atoms with Crippen LogP contribution in [0.2, 0.25) is 0 Å². The number of fused-ring (bicyclic) bond motifs is 2. The van der Waals surface area contributed by atoms with E-state index in [-0.39, 0.29) is 22.4 Å². The molecule has 5 rings (SSSR count). The maximum Gasteiger partial charge on any atom is 0.282 e. The molecule has 0 saturated heterocycles. The number of nitrogens with two attached hydrogens (primary N) is 1. The first kappa shape index (κ1) is 20.8. The number of benzene rings is 1. The molecule has 1 aliphatic carbocycles. The number of hydrogen-bond donors (Lipinski definition) is 2. The first-order valence-electron chi connectivity index (χ1n) is 9.89. The fourth-order valence-corrected chi connectivity index (χ4v) is 6.78. The second kappa shape index (κ2) is 8.43. The predicted octanol–water partition coefficient (Wildman–Crippen LogP) is 3.99.